The molecule has 9 heteroatoms. The summed E-state index contributed by atoms with van der Waals surface area (Å²) < 4.78 is 17.5. The maximum Gasteiger partial charge on any atom is 0.339 e. The number of hydrogen-bond donors (Lipinski definition) is 1. The molecule has 0 saturated carbocycles. The molecule has 28 heavy (non-hydrogen) atoms. The molecule has 1 N–H and O–H groups in total. The fraction of sp³-hybridized carbons (Fsp3) is 0.263. The maximum absolute atomic E-state index is 13.0. The Morgan fingerprint density at radius 2 is 1.82 bits per heavy atom. The predicted octanol–water partition coefficient (Wildman–Crippen LogP) is 1.98. The van der Waals surface area contributed by atoms with Gasteiger partial charge < -0.3 is 10.1 Å². The van der Waals surface area contributed by atoms with Crippen LogP contribution in [0.4, 0.5) is 9.18 Å². The molecule has 0 bridgehead atoms. The van der Waals surface area contributed by atoms with Gasteiger partial charge in [-0.3, -0.25) is 9.78 Å². The summed E-state index contributed by atoms with van der Waals surface area (Å²) in [6, 6.07) is 8.22. The van der Waals surface area contributed by atoms with Gasteiger partial charge in [0.2, 0.25) is 0 Å². The lowest BCUT2D eigenvalue weighted by Crippen LogP contribution is -2.49. The van der Waals surface area contributed by atoms with Gasteiger partial charge in [0.1, 0.15) is 11.5 Å². The molecule has 0 radical (unpaired) electrons. The van der Waals surface area contributed by atoms with Crippen LogP contribution in [0.2, 0.25) is 0 Å². The van der Waals surface area contributed by atoms with Gasteiger partial charge in [0, 0.05) is 25.8 Å². The maximum atomic E-state index is 13.0. The molecule has 1 fully saturated rings. The number of nitrogens with zero attached hydrogens (tertiary/aromatic N) is 3. The number of carbonyl (C=O) groups is 3. The van der Waals surface area contributed by atoms with Crippen molar-refractivity contribution in [3.63, 3.8) is 0 Å². The number of halogens is 1. The number of rotatable bonds is 4. The van der Waals surface area contributed by atoms with E-state index in [0.29, 0.717) is 19.5 Å². The first kappa shape index (κ1) is 19.3. The van der Waals surface area contributed by atoms with Crippen LogP contribution in [-0.2, 0) is 11.3 Å². The van der Waals surface area contributed by atoms with Gasteiger partial charge in [0.15, 0.2) is 0 Å². The number of amides is 3. The molecule has 8 nitrogen and oxygen atoms in total. The number of methoxy groups -OCH3 is 1. The van der Waals surface area contributed by atoms with Gasteiger partial charge in [-0.05, 0) is 36.2 Å². The molecule has 0 atom stereocenters. The second-order valence-corrected chi connectivity index (χ2v) is 6.11. The summed E-state index contributed by atoms with van der Waals surface area (Å²) in [6.07, 6.45) is 1.89. The molecular formula is C19H19FN4O4. The summed E-state index contributed by atoms with van der Waals surface area (Å²) in [5, 5.41) is 5.36. The highest BCUT2D eigenvalue weighted by Gasteiger charge is 2.31. The molecule has 0 spiro atoms. The van der Waals surface area contributed by atoms with Gasteiger partial charge in [-0.15, -0.1) is 0 Å². The third-order valence-corrected chi connectivity index (χ3v) is 4.26. The highest BCUT2D eigenvalue weighted by Crippen LogP contribution is 2.15. The zero-order chi connectivity index (χ0) is 20.1. The Morgan fingerprint density at radius 1 is 1.11 bits per heavy atom. The number of hydrazine groups is 1. The molecule has 3 amide bonds. The summed E-state index contributed by atoms with van der Waals surface area (Å²) >= 11 is 0. The van der Waals surface area contributed by atoms with Crippen molar-refractivity contribution in [2.24, 2.45) is 0 Å². The lowest BCUT2D eigenvalue weighted by atomic mass is 10.2. The highest BCUT2D eigenvalue weighted by molar-refractivity contribution is 5.95. The monoisotopic (exact) mass is 386 g/mol. The van der Waals surface area contributed by atoms with Crippen LogP contribution in [0.25, 0.3) is 0 Å². The second-order valence-electron chi connectivity index (χ2n) is 6.11. The van der Waals surface area contributed by atoms with E-state index in [0.717, 1.165) is 5.56 Å². The number of hydrogen-bond acceptors (Lipinski definition) is 5. The molecule has 1 aromatic heterocycles. The number of aromatic nitrogens is 1. The van der Waals surface area contributed by atoms with E-state index in [4.69, 9.17) is 0 Å². The molecule has 146 valence electrons. The Labute approximate surface area is 160 Å². The number of esters is 1. The fourth-order valence-corrected chi connectivity index (χ4v) is 2.80. The van der Waals surface area contributed by atoms with Crippen LogP contribution in [0.5, 0.6) is 0 Å². The SMILES string of the molecule is COC(=O)c1ccc(C(=O)N2CCCN2C(=O)NCc2ccc(F)cc2)nc1. The quantitative estimate of drug-likeness (QED) is 0.812. The highest BCUT2D eigenvalue weighted by atomic mass is 19.1. The van der Waals surface area contributed by atoms with E-state index in [2.05, 4.69) is 15.0 Å². The summed E-state index contributed by atoms with van der Waals surface area (Å²) in [7, 11) is 1.26. The Kier molecular flexibility index (Phi) is 5.83. The molecule has 3 rings (SSSR count). The zero-order valence-corrected chi connectivity index (χ0v) is 15.2. The van der Waals surface area contributed by atoms with Crippen molar-refractivity contribution in [1.82, 2.24) is 20.3 Å². The number of urea groups is 1. The van der Waals surface area contributed by atoms with Crippen molar-refractivity contribution in [1.29, 1.82) is 0 Å². The Hall–Kier alpha value is -3.49. The van der Waals surface area contributed by atoms with Crippen molar-refractivity contribution in [2.75, 3.05) is 20.2 Å². The molecule has 2 aromatic rings. The Bertz CT molecular complexity index is 871. The van der Waals surface area contributed by atoms with Crippen molar-refractivity contribution in [2.45, 2.75) is 13.0 Å². The van der Waals surface area contributed by atoms with E-state index in [-0.39, 0.29) is 23.6 Å². The lowest BCUT2D eigenvalue weighted by molar-refractivity contribution is 0.0370. The first-order chi connectivity index (χ1) is 13.5. The third kappa shape index (κ3) is 4.25. The van der Waals surface area contributed by atoms with Gasteiger partial charge in [-0.2, -0.15) is 0 Å². The molecule has 1 aliphatic rings. The Morgan fingerprint density at radius 3 is 2.46 bits per heavy atom. The number of pyridine rings is 1. The van der Waals surface area contributed by atoms with Crippen LogP contribution >= 0.6 is 0 Å². The van der Waals surface area contributed by atoms with Crippen molar-refractivity contribution < 1.29 is 23.5 Å². The topological polar surface area (TPSA) is 91.8 Å². The van der Waals surface area contributed by atoms with Gasteiger partial charge in [0.25, 0.3) is 5.91 Å². The largest absolute Gasteiger partial charge is 0.465 e. The standard InChI is InChI=1S/C19H19FN4O4/c1-28-18(26)14-5-8-16(21-12-14)17(25)23-9-2-10-24(23)19(27)22-11-13-3-6-15(20)7-4-13/h3-8,12H,2,9-11H2,1H3,(H,22,27). The van der Waals surface area contributed by atoms with Gasteiger partial charge in [-0.25, -0.2) is 24.0 Å². The summed E-state index contributed by atoms with van der Waals surface area (Å²) in [5.41, 5.74) is 1.09. The predicted molar refractivity (Wildman–Crippen MR) is 96.6 cm³/mol. The molecule has 1 aromatic carbocycles. The molecule has 1 aliphatic heterocycles. The average Bonchev–Trinajstić information content (AvgIpc) is 3.22. The summed E-state index contributed by atoms with van der Waals surface area (Å²) in [5.74, 6) is -1.34. The van der Waals surface area contributed by atoms with E-state index in [9.17, 15) is 18.8 Å². The van der Waals surface area contributed by atoms with Crippen LogP contribution in [0.1, 0.15) is 32.8 Å². The van der Waals surface area contributed by atoms with Crippen LogP contribution < -0.4 is 5.32 Å². The van der Waals surface area contributed by atoms with Gasteiger partial charge >= 0.3 is 12.0 Å². The minimum Gasteiger partial charge on any atom is -0.465 e. The molecular weight excluding hydrogens is 367 g/mol. The van der Waals surface area contributed by atoms with E-state index in [1.54, 1.807) is 12.1 Å². The van der Waals surface area contributed by atoms with Crippen LogP contribution in [0.3, 0.4) is 0 Å². The fourth-order valence-electron chi connectivity index (χ4n) is 2.80. The molecule has 2 heterocycles. The first-order valence-corrected chi connectivity index (χ1v) is 8.65. The van der Waals surface area contributed by atoms with Crippen molar-refractivity contribution in [3.05, 3.63) is 65.2 Å². The van der Waals surface area contributed by atoms with E-state index >= 15 is 0 Å². The van der Waals surface area contributed by atoms with Crippen LogP contribution in [-0.4, -0.2) is 53.1 Å². The van der Waals surface area contributed by atoms with Crippen LogP contribution in [0.15, 0.2) is 42.6 Å². The second kappa shape index (κ2) is 8.47. The van der Waals surface area contributed by atoms with Crippen molar-refractivity contribution >= 4 is 17.9 Å². The number of carbonyl (C=O) groups excluding carboxylic acids is 3. The van der Waals surface area contributed by atoms with Crippen molar-refractivity contribution in [3.8, 4) is 0 Å². The zero-order valence-electron chi connectivity index (χ0n) is 15.2. The molecule has 0 aliphatic carbocycles. The van der Waals surface area contributed by atoms with E-state index in [1.807, 2.05) is 0 Å². The number of nitrogens with one attached hydrogen (secondary N) is 1. The summed E-state index contributed by atoms with van der Waals surface area (Å²) in [4.78, 5) is 40.6. The minimum atomic E-state index is -0.547. The van der Waals surface area contributed by atoms with E-state index in [1.165, 1.54) is 47.6 Å². The first-order valence-electron chi connectivity index (χ1n) is 8.65. The minimum absolute atomic E-state index is 0.117. The van der Waals surface area contributed by atoms with Gasteiger partial charge in [0.05, 0.1) is 12.7 Å². The summed E-state index contributed by atoms with van der Waals surface area (Å²) in [6.45, 7) is 0.980. The molecule has 1 saturated heterocycles. The number of benzene rings is 1. The third-order valence-electron chi connectivity index (χ3n) is 4.26. The van der Waals surface area contributed by atoms with Crippen LogP contribution in [0, 0.1) is 5.82 Å². The smallest absolute Gasteiger partial charge is 0.339 e. The Balaban J connectivity index is 1.64. The normalized spacial score (nSPS) is 13.4. The van der Waals surface area contributed by atoms with E-state index < -0.39 is 17.9 Å². The average molecular weight is 386 g/mol. The molecule has 0 unspecified atom stereocenters. The lowest BCUT2D eigenvalue weighted by Gasteiger charge is -2.27. The van der Waals surface area contributed by atoms with Gasteiger partial charge in [-0.1, -0.05) is 12.1 Å². The number of ether oxygens (including phenoxy) is 1.